The predicted molar refractivity (Wildman–Crippen MR) is 83.6 cm³/mol. The van der Waals surface area contributed by atoms with Crippen LogP contribution >= 0.6 is 12.4 Å². The highest BCUT2D eigenvalue weighted by atomic mass is 35.5. The Labute approximate surface area is 126 Å². The Kier molecular flexibility index (Phi) is 4.55. The van der Waals surface area contributed by atoms with E-state index in [-0.39, 0.29) is 18.4 Å². The summed E-state index contributed by atoms with van der Waals surface area (Å²) in [6.45, 7) is 5.92. The number of anilines is 1. The molecule has 1 spiro atoms. The summed E-state index contributed by atoms with van der Waals surface area (Å²) in [6, 6.07) is 7.95. The largest absolute Gasteiger partial charge is 0.324 e. The summed E-state index contributed by atoms with van der Waals surface area (Å²) >= 11 is 0. The summed E-state index contributed by atoms with van der Waals surface area (Å²) in [7, 11) is 0. The number of nitrogens with one attached hydrogen (secondary N) is 2. The lowest BCUT2D eigenvalue weighted by Gasteiger charge is -2.23. The Bertz CT molecular complexity index is 486. The molecule has 5 heteroatoms. The van der Waals surface area contributed by atoms with Crippen molar-refractivity contribution in [2.24, 2.45) is 5.41 Å². The standard InChI is InChI=1S/C15H21N3O.ClH/c1-12-4-2-3-5-13(12)17-14(19)18-9-7-15(11-18)6-8-16-10-15;/h2-5,16H,6-11H2,1H3,(H,17,19);1H. The molecule has 1 aromatic rings. The van der Waals surface area contributed by atoms with E-state index in [0.29, 0.717) is 5.41 Å². The fourth-order valence-corrected chi connectivity index (χ4v) is 3.16. The van der Waals surface area contributed by atoms with E-state index in [2.05, 4.69) is 10.6 Å². The Morgan fingerprint density at radius 3 is 2.85 bits per heavy atom. The van der Waals surface area contributed by atoms with E-state index in [1.165, 1.54) is 6.42 Å². The number of para-hydroxylation sites is 1. The molecule has 2 fully saturated rings. The second-order valence-corrected chi connectivity index (χ2v) is 5.84. The van der Waals surface area contributed by atoms with Crippen molar-refractivity contribution in [3.8, 4) is 0 Å². The van der Waals surface area contributed by atoms with Gasteiger partial charge in [-0.05, 0) is 37.9 Å². The Balaban J connectivity index is 0.00000147. The first kappa shape index (κ1) is 15.1. The molecule has 1 atom stereocenters. The van der Waals surface area contributed by atoms with Gasteiger partial charge in [0.25, 0.3) is 0 Å². The number of nitrogens with zero attached hydrogens (tertiary/aromatic N) is 1. The predicted octanol–water partition coefficient (Wildman–Crippen LogP) is 2.63. The highest BCUT2D eigenvalue weighted by molar-refractivity contribution is 5.90. The average Bonchev–Trinajstić information content (AvgIpc) is 3.03. The van der Waals surface area contributed by atoms with Crippen LogP contribution in [0.15, 0.2) is 24.3 Å². The molecule has 110 valence electrons. The fraction of sp³-hybridized carbons (Fsp3) is 0.533. The molecule has 0 radical (unpaired) electrons. The summed E-state index contributed by atoms with van der Waals surface area (Å²) in [5.74, 6) is 0. The lowest BCUT2D eigenvalue weighted by atomic mass is 9.87. The molecule has 0 saturated carbocycles. The van der Waals surface area contributed by atoms with Crippen molar-refractivity contribution in [2.75, 3.05) is 31.5 Å². The molecule has 2 aliphatic heterocycles. The second kappa shape index (κ2) is 6.02. The normalized spacial score (nSPS) is 24.8. The molecular weight excluding hydrogens is 274 g/mol. The van der Waals surface area contributed by atoms with E-state index in [4.69, 9.17) is 0 Å². The van der Waals surface area contributed by atoms with Gasteiger partial charge in [-0.25, -0.2) is 4.79 Å². The first-order valence-corrected chi connectivity index (χ1v) is 7.01. The van der Waals surface area contributed by atoms with Crippen LogP contribution in [0, 0.1) is 12.3 Å². The molecule has 1 aromatic carbocycles. The minimum absolute atomic E-state index is 0. The average molecular weight is 296 g/mol. The SMILES string of the molecule is Cc1ccccc1NC(=O)N1CCC2(CCNC2)C1.Cl. The van der Waals surface area contributed by atoms with Crippen LogP contribution in [0.2, 0.25) is 0 Å². The maximum Gasteiger partial charge on any atom is 0.321 e. The molecule has 2 aliphatic rings. The van der Waals surface area contributed by atoms with E-state index in [9.17, 15) is 4.79 Å². The fourth-order valence-electron chi connectivity index (χ4n) is 3.16. The van der Waals surface area contributed by atoms with Crippen LogP contribution in [-0.4, -0.2) is 37.1 Å². The zero-order chi connectivity index (χ0) is 13.3. The summed E-state index contributed by atoms with van der Waals surface area (Å²) in [5.41, 5.74) is 2.36. The molecule has 2 amide bonds. The van der Waals surface area contributed by atoms with Crippen molar-refractivity contribution >= 4 is 24.1 Å². The van der Waals surface area contributed by atoms with Gasteiger partial charge in [0.1, 0.15) is 0 Å². The van der Waals surface area contributed by atoms with E-state index >= 15 is 0 Å². The minimum Gasteiger partial charge on any atom is -0.324 e. The number of likely N-dealkylation sites (tertiary alicyclic amines) is 1. The molecule has 0 aromatic heterocycles. The molecule has 0 bridgehead atoms. The van der Waals surface area contributed by atoms with Crippen LogP contribution in [0.3, 0.4) is 0 Å². The van der Waals surface area contributed by atoms with Gasteiger partial charge in [-0.1, -0.05) is 18.2 Å². The number of halogens is 1. The van der Waals surface area contributed by atoms with Crippen LogP contribution in [0.4, 0.5) is 10.5 Å². The highest BCUT2D eigenvalue weighted by Gasteiger charge is 2.41. The van der Waals surface area contributed by atoms with E-state index in [1.54, 1.807) is 0 Å². The molecule has 2 N–H and O–H groups in total. The molecule has 4 nitrogen and oxygen atoms in total. The molecule has 3 rings (SSSR count). The van der Waals surface area contributed by atoms with Crippen molar-refractivity contribution in [2.45, 2.75) is 19.8 Å². The summed E-state index contributed by atoms with van der Waals surface area (Å²) in [5, 5.41) is 6.44. The van der Waals surface area contributed by atoms with Crippen LogP contribution in [0.5, 0.6) is 0 Å². The van der Waals surface area contributed by atoms with Gasteiger partial charge in [-0.15, -0.1) is 12.4 Å². The number of carbonyl (C=O) groups excluding carboxylic acids is 1. The lowest BCUT2D eigenvalue weighted by molar-refractivity contribution is 0.215. The van der Waals surface area contributed by atoms with Gasteiger partial charge < -0.3 is 15.5 Å². The number of urea groups is 1. The number of rotatable bonds is 1. The second-order valence-electron chi connectivity index (χ2n) is 5.84. The maximum absolute atomic E-state index is 12.3. The molecule has 0 aliphatic carbocycles. The van der Waals surface area contributed by atoms with Gasteiger partial charge in [-0.2, -0.15) is 0 Å². The molecule has 20 heavy (non-hydrogen) atoms. The summed E-state index contributed by atoms with van der Waals surface area (Å²) < 4.78 is 0. The Morgan fingerprint density at radius 1 is 1.35 bits per heavy atom. The van der Waals surface area contributed by atoms with Crippen molar-refractivity contribution in [3.63, 3.8) is 0 Å². The van der Waals surface area contributed by atoms with Crippen LogP contribution < -0.4 is 10.6 Å². The third kappa shape index (κ3) is 2.91. The summed E-state index contributed by atoms with van der Waals surface area (Å²) in [4.78, 5) is 14.3. The number of aryl methyl sites for hydroxylation is 1. The monoisotopic (exact) mass is 295 g/mol. The smallest absolute Gasteiger partial charge is 0.321 e. The number of benzene rings is 1. The maximum atomic E-state index is 12.3. The van der Waals surface area contributed by atoms with Gasteiger partial charge in [0.15, 0.2) is 0 Å². The quantitative estimate of drug-likeness (QED) is 0.836. The highest BCUT2D eigenvalue weighted by Crippen LogP contribution is 2.36. The van der Waals surface area contributed by atoms with E-state index < -0.39 is 0 Å². The van der Waals surface area contributed by atoms with Crippen molar-refractivity contribution in [3.05, 3.63) is 29.8 Å². The Hall–Kier alpha value is -1.26. The minimum atomic E-state index is 0. The number of carbonyl (C=O) groups is 1. The zero-order valence-corrected chi connectivity index (χ0v) is 12.6. The molecule has 2 heterocycles. The molecule has 1 unspecified atom stereocenters. The van der Waals surface area contributed by atoms with Crippen LogP contribution in [0.25, 0.3) is 0 Å². The zero-order valence-electron chi connectivity index (χ0n) is 11.8. The first-order valence-electron chi connectivity index (χ1n) is 7.01. The molecule has 2 saturated heterocycles. The van der Waals surface area contributed by atoms with Crippen LogP contribution in [-0.2, 0) is 0 Å². The third-order valence-electron chi connectivity index (χ3n) is 4.44. The van der Waals surface area contributed by atoms with Crippen molar-refractivity contribution in [1.29, 1.82) is 0 Å². The van der Waals surface area contributed by atoms with Crippen molar-refractivity contribution < 1.29 is 4.79 Å². The molecular formula is C15H22ClN3O. The van der Waals surface area contributed by atoms with E-state index in [1.807, 2.05) is 36.1 Å². The Morgan fingerprint density at radius 2 is 2.15 bits per heavy atom. The van der Waals surface area contributed by atoms with Gasteiger partial charge in [-0.3, -0.25) is 0 Å². The summed E-state index contributed by atoms with van der Waals surface area (Å²) in [6.07, 6.45) is 2.32. The van der Waals surface area contributed by atoms with Crippen LogP contribution in [0.1, 0.15) is 18.4 Å². The van der Waals surface area contributed by atoms with Gasteiger partial charge in [0.05, 0.1) is 0 Å². The van der Waals surface area contributed by atoms with E-state index in [0.717, 1.165) is 43.9 Å². The third-order valence-corrected chi connectivity index (χ3v) is 4.44. The van der Waals surface area contributed by atoms with Gasteiger partial charge >= 0.3 is 6.03 Å². The first-order chi connectivity index (χ1) is 9.19. The number of hydrogen-bond acceptors (Lipinski definition) is 2. The number of amides is 2. The topological polar surface area (TPSA) is 44.4 Å². The van der Waals surface area contributed by atoms with Crippen molar-refractivity contribution in [1.82, 2.24) is 10.2 Å². The van der Waals surface area contributed by atoms with Gasteiger partial charge in [0, 0.05) is 30.7 Å². The van der Waals surface area contributed by atoms with Gasteiger partial charge in [0.2, 0.25) is 0 Å². The lowest BCUT2D eigenvalue weighted by Crippen LogP contribution is -2.36. The number of hydrogen-bond donors (Lipinski definition) is 2.